The van der Waals surface area contributed by atoms with Crippen molar-refractivity contribution in [2.24, 2.45) is 0 Å². The minimum atomic E-state index is -0.228. The summed E-state index contributed by atoms with van der Waals surface area (Å²) in [6.45, 7) is 2.28. The van der Waals surface area contributed by atoms with E-state index in [4.69, 9.17) is 0 Å². The minimum absolute atomic E-state index is 0.0511. The van der Waals surface area contributed by atoms with Crippen molar-refractivity contribution in [3.63, 3.8) is 0 Å². The fourth-order valence-electron chi connectivity index (χ4n) is 3.48. The second-order valence-corrected chi connectivity index (χ2v) is 7.31. The van der Waals surface area contributed by atoms with Crippen LogP contribution in [-0.2, 0) is 0 Å². The van der Waals surface area contributed by atoms with E-state index >= 15 is 0 Å². The van der Waals surface area contributed by atoms with Gasteiger partial charge in [0.25, 0.3) is 5.91 Å². The number of aromatic nitrogens is 2. The monoisotopic (exact) mass is 396 g/mol. The number of thioether (sulfide) groups is 1. The summed E-state index contributed by atoms with van der Waals surface area (Å²) in [5.74, 6) is -0.279. The first kappa shape index (κ1) is 18.6. The van der Waals surface area contributed by atoms with Gasteiger partial charge in [0.15, 0.2) is 5.16 Å². The van der Waals surface area contributed by atoms with E-state index in [1.807, 2.05) is 57.0 Å². The van der Waals surface area contributed by atoms with Crippen molar-refractivity contribution < 1.29 is 9.18 Å². The largest absolute Gasteiger partial charge is 0.366 e. The number of carbonyl (C=O) groups excluding carboxylic acids is 1. The van der Waals surface area contributed by atoms with Crippen LogP contribution in [0.25, 0.3) is 5.69 Å². The Hall–Kier alpha value is -2.80. The Morgan fingerprint density at radius 1 is 1.00 bits per heavy atom. The number of para-hydroxylation sites is 2. The number of amides is 1. The number of piperazine rings is 1. The number of anilines is 1. The topological polar surface area (TPSA) is 41.4 Å². The van der Waals surface area contributed by atoms with E-state index in [-0.39, 0.29) is 11.7 Å². The highest BCUT2D eigenvalue weighted by Crippen LogP contribution is 2.24. The fourth-order valence-corrected chi connectivity index (χ4v) is 4.02. The zero-order valence-electron chi connectivity index (χ0n) is 15.6. The molecule has 144 valence electrons. The third kappa shape index (κ3) is 3.49. The molecule has 0 saturated carbocycles. The van der Waals surface area contributed by atoms with Gasteiger partial charge in [0.2, 0.25) is 0 Å². The molecule has 2 aromatic carbocycles. The van der Waals surface area contributed by atoms with Gasteiger partial charge < -0.3 is 9.80 Å². The Kier molecular flexibility index (Phi) is 5.34. The van der Waals surface area contributed by atoms with Crippen molar-refractivity contribution in [2.75, 3.05) is 37.3 Å². The van der Waals surface area contributed by atoms with Crippen LogP contribution >= 0.6 is 11.8 Å². The Bertz CT molecular complexity index is 968. The van der Waals surface area contributed by atoms with Gasteiger partial charge in [0, 0.05) is 31.9 Å². The molecule has 0 bridgehead atoms. The number of nitrogens with zero attached hydrogens (tertiary/aromatic N) is 4. The Labute approximate surface area is 167 Å². The summed E-state index contributed by atoms with van der Waals surface area (Å²) in [5, 5.41) is 0.777. The quantitative estimate of drug-likeness (QED) is 0.631. The standard InChI is InChI=1S/C21H21FN4OS/c1-28-21-23-15-19(26(21)16-7-3-2-4-8-16)20(27)25-13-11-24(12-14-25)18-10-6-5-9-17(18)22/h2-10,15H,11-14H2,1H3. The molecule has 0 N–H and O–H groups in total. The maximum absolute atomic E-state index is 14.0. The molecule has 1 amide bonds. The zero-order valence-corrected chi connectivity index (χ0v) is 16.4. The second-order valence-electron chi connectivity index (χ2n) is 6.53. The van der Waals surface area contributed by atoms with E-state index in [2.05, 4.69) is 4.98 Å². The molecular weight excluding hydrogens is 375 g/mol. The summed E-state index contributed by atoms with van der Waals surface area (Å²) in [6, 6.07) is 16.5. The van der Waals surface area contributed by atoms with Gasteiger partial charge in [-0.15, -0.1) is 0 Å². The van der Waals surface area contributed by atoms with Crippen LogP contribution in [0.15, 0.2) is 66.0 Å². The Balaban J connectivity index is 1.54. The summed E-state index contributed by atoms with van der Waals surface area (Å²) in [6.07, 6.45) is 3.59. The third-order valence-corrected chi connectivity index (χ3v) is 5.56. The van der Waals surface area contributed by atoms with Crippen LogP contribution in [0.1, 0.15) is 10.5 Å². The van der Waals surface area contributed by atoms with E-state index in [0.29, 0.717) is 37.6 Å². The number of hydrogen-bond acceptors (Lipinski definition) is 4. The summed E-state index contributed by atoms with van der Waals surface area (Å²) in [4.78, 5) is 21.4. The lowest BCUT2D eigenvalue weighted by Gasteiger charge is -2.36. The van der Waals surface area contributed by atoms with Gasteiger partial charge in [-0.2, -0.15) is 0 Å². The van der Waals surface area contributed by atoms with Crippen molar-refractivity contribution in [2.45, 2.75) is 5.16 Å². The molecule has 4 rings (SSSR count). The van der Waals surface area contributed by atoms with Crippen molar-refractivity contribution >= 4 is 23.4 Å². The summed E-state index contributed by atoms with van der Waals surface area (Å²) >= 11 is 1.51. The van der Waals surface area contributed by atoms with E-state index in [1.165, 1.54) is 17.8 Å². The number of hydrogen-bond donors (Lipinski definition) is 0. The van der Waals surface area contributed by atoms with Gasteiger partial charge in [-0.25, -0.2) is 9.37 Å². The molecule has 7 heteroatoms. The molecule has 0 aliphatic carbocycles. The number of imidazole rings is 1. The van der Waals surface area contributed by atoms with Gasteiger partial charge in [-0.3, -0.25) is 9.36 Å². The predicted octanol–water partition coefficient (Wildman–Crippen LogP) is 3.70. The third-order valence-electron chi connectivity index (χ3n) is 4.91. The summed E-state index contributed by atoms with van der Waals surface area (Å²) in [7, 11) is 0. The maximum atomic E-state index is 14.0. The zero-order chi connectivity index (χ0) is 19.5. The highest BCUT2D eigenvalue weighted by atomic mass is 32.2. The minimum Gasteiger partial charge on any atom is -0.366 e. The first-order chi connectivity index (χ1) is 13.7. The average Bonchev–Trinajstić information content (AvgIpc) is 3.18. The molecule has 1 fully saturated rings. The van der Waals surface area contributed by atoms with Crippen LogP contribution in [-0.4, -0.2) is 52.8 Å². The molecule has 1 aliphatic rings. The molecule has 0 atom stereocenters. The van der Waals surface area contributed by atoms with Crippen LogP contribution in [0, 0.1) is 5.82 Å². The first-order valence-electron chi connectivity index (χ1n) is 9.15. The maximum Gasteiger partial charge on any atom is 0.272 e. The number of rotatable bonds is 4. The first-order valence-corrected chi connectivity index (χ1v) is 10.4. The van der Waals surface area contributed by atoms with E-state index < -0.39 is 0 Å². The van der Waals surface area contributed by atoms with E-state index in [9.17, 15) is 9.18 Å². The van der Waals surface area contributed by atoms with Crippen LogP contribution in [0.4, 0.5) is 10.1 Å². The van der Waals surface area contributed by atoms with Crippen molar-refractivity contribution in [3.8, 4) is 5.69 Å². The molecule has 1 aromatic heterocycles. The molecule has 2 heterocycles. The molecular formula is C21H21FN4OS. The van der Waals surface area contributed by atoms with Gasteiger partial charge in [0.05, 0.1) is 11.9 Å². The van der Waals surface area contributed by atoms with Crippen molar-refractivity contribution in [1.82, 2.24) is 14.5 Å². The molecule has 5 nitrogen and oxygen atoms in total. The smallest absolute Gasteiger partial charge is 0.272 e. The van der Waals surface area contributed by atoms with Gasteiger partial charge in [-0.1, -0.05) is 42.1 Å². The highest BCUT2D eigenvalue weighted by molar-refractivity contribution is 7.98. The lowest BCUT2D eigenvalue weighted by atomic mass is 10.2. The highest BCUT2D eigenvalue weighted by Gasteiger charge is 2.27. The molecule has 3 aromatic rings. The van der Waals surface area contributed by atoms with E-state index in [1.54, 1.807) is 18.3 Å². The van der Waals surface area contributed by atoms with Gasteiger partial charge in [0.1, 0.15) is 11.5 Å². The molecule has 0 spiro atoms. The SMILES string of the molecule is CSc1ncc(C(=O)N2CCN(c3ccccc3F)CC2)n1-c1ccccc1. The number of carbonyl (C=O) groups is 1. The molecule has 0 radical (unpaired) electrons. The summed E-state index contributed by atoms with van der Waals surface area (Å²) < 4.78 is 15.9. The molecule has 28 heavy (non-hydrogen) atoms. The molecule has 0 unspecified atom stereocenters. The van der Waals surface area contributed by atoms with Crippen LogP contribution in [0.2, 0.25) is 0 Å². The lowest BCUT2D eigenvalue weighted by molar-refractivity contribution is 0.0738. The predicted molar refractivity (Wildman–Crippen MR) is 110 cm³/mol. The number of benzene rings is 2. The normalized spacial score (nSPS) is 14.4. The average molecular weight is 396 g/mol. The Morgan fingerprint density at radius 2 is 1.68 bits per heavy atom. The molecule has 1 saturated heterocycles. The van der Waals surface area contributed by atoms with Crippen molar-refractivity contribution in [1.29, 1.82) is 0 Å². The summed E-state index contributed by atoms with van der Waals surface area (Å²) in [5.41, 5.74) is 2.06. The second kappa shape index (κ2) is 8.06. The van der Waals surface area contributed by atoms with Gasteiger partial charge >= 0.3 is 0 Å². The van der Waals surface area contributed by atoms with Crippen LogP contribution < -0.4 is 4.90 Å². The Morgan fingerprint density at radius 3 is 2.36 bits per heavy atom. The van der Waals surface area contributed by atoms with Crippen LogP contribution in [0.5, 0.6) is 0 Å². The molecule has 1 aliphatic heterocycles. The fraction of sp³-hybridized carbons (Fsp3) is 0.238. The van der Waals surface area contributed by atoms with Crippen LogP contribution in [0.3, 0.4) is 0 Å². The lowest BCUT2D eigenvalue weighted by Crippen LogP contribution is -2.49. The van der Waals surface area contributed by atoms with Gasteiger partial charge in [-0.05, 0) is 30.5 Å². The van der Waals surface area contributed by atoms with E-state index in [0.717, 1.165) is 10.8 Å². The van der Waals surface area contributed by atoms with Crippen molar-refractivity contribution in [3.05, 3.63) is 72.3 Å². The number of halogens is 1.